The highest BCUT2D eigenvalue weighted by Crippen LogP contribution is 2.49. The van der Waals surface area contributed by atoms with Crippen LogP contribution in [-0.4, -0.2) is 13.2 Å². The maximum atomic E-state index is 6.39. The number of methoxy groups -OCH3 is 1. The summed E-state index contributed by atoms with van der Waals surface area (Å²) in [5, 5.41) is 0. The van der Waals surface area contributed by atoms with Crippen molar-refractivity contribution in [1.29, 1.82) is 0 Å². The summed E-state index contributed by atoms with van der Waals surface area (Å²) in [4.78, 5) is 0. The molecule has 0 heterocycles. The van der Waals surface area contributed by atoms with Crippen LogP contribution in [0, 0.1) is 17.8 Å². The number of nitrogens with two attached hydrogens (primary N) is 1. The Labute approximate surface area is 116 Å². The summed E-state index contributed by atoms with van der Waals surface area (Å²) >= 11 is 0. The fraction of sp³-hybridized carbons (Fsp3) is 0.647. The van der Waals surface area contributed by atoms with E-state index in [4.69, 9.17) is 10.5 Å². The third-order valence-corrected chi connectivity index (χ3v) is 5.16. The molecular weight excluding hydrogens is 234 g/mol. The summed E-state index contributed by atoms with van der Waals surface area (Å²) in [6.07, 6.45) is 7.98. The van der Waals surface area contributed by atoms with Gasteiger partial charge in [-0.15, -0.1) is 0 Å². The minimum Gasteiger partial charge on any atom is -0.496 e. The van der Waals surface area contributed by atoms with Crippen LogP contribution in [0.1, 0.15) is 37.7 Å². The molecular formula is C17H25NO. The van der Waals surface area contributed by atoms with Crippen molar-refractivity contribution in [2.75, 3.05) is 7.11 Å². The molecule has 2 heteroatoms. The monoisotopic (exact) mass is 259 g/mol. The van der Waals surface area contributed by atoms with E-state index in [0.717, 1.165) is 29.9 Å². The van der Waals surface area contributed by atoms with E-state index in [9.17, 15) is 0 Å². The molecule has 4 unspecified atom stereocenters. The molecule has 19 heavy (non-hydrogen) atoms. The van der Waals surface area contributed by atoms with E-state index < -0.39 is 0 Å². The van der Waals surface area contributed by atoms with Crippen LogP contribution in [0.2, 0.25) is 0 Å². The first-order valence-corrected chi connectivity index (χ1v) is 7.63. The number of benzene rings is 1. The van der Waals surface area contributed by atoms with Crippen LogP contribution in [0.5, 0.6) is 5.75 Å². The van der Waals surface area contributed by atoms with Crippen molar-refractivity contribution in [1.82, 2.24) is 0 Å². The molecule has 2 bridgehead atoms. The van der Waals surface area contributed by atoms with E-state index in [2.05, 4.69) is 12.1 Å². The molecule has 3 rings (SSSR count). The van der Waals surface area contributed by atoms with E-state index in [-0.39, 0.29) is 6.04 Å². The largest absolute Gasteiger partial charge is 0.496 e. The Balaban J connectivity index is 1.57. The van der Waals surface area contributed by atoms with Gasteiger partial charge in [-0.3, -0.25) is 0 Å². The fourth-order valence-corrected chi connectivity index (χ4v) is 4.29. The molecule has 0 spiro atoms. The summed E-state index contributed by atoms with van der Waals surface area (Å²) in [6, 6.07) is 8.53. The standard InChI is InChI=1S/C17H25NO/c1-19-17-5-3-2-4-14(17)10-16(18)11-15-9-12-6-7-13(15)8-12/h2-5,12-13,15-16H,6-11,18H2,1H3. The number of ether oxygens (including phenoxy) is 1. The molecule has 0 aliphatic heterocycles. The van der Waals surface area contributed by atoms with Crippen LogP contribution >= 0.6 is 0 Å². The molecule has 2 saturated carbocycles. The summed E-state index contributed by atoms with van der Waals surface area (Å²) in [5.74, 6) is 3.87. The number of rotatable bonds is 5. The Morgan fingerprint density at radius 1 is 1.26 bits per heavy atom. The van der Waals surface area contributed by atoms with Gasteiger partial charge in [-0.05, 0) is 61.5 Å². The summed E-state index contributed by atoms with van der Waals surface area (Å²) < 4.78 is 5.41. The lowest BCUT2D eigenvalue weighted by atomic mass is 9.83. The number of fused-ring (bicyclic) bond motifs is 2. The van der Waals surface area contributed by atoms with Crippen LogP contribution in [0.15, 0.2) is 24.3 Å². The van der Waals surface area contributed by atoms with Crippen molar-refractivity contribution in [2.45, 2.75) is 44.6 Å². The predicted octanol–water partition coefficient (Wildman–Crippen LogP) is 3.39. The lowest BCUT2D eigenvalue weighted by Crippen LogP contribution is -2.28. The van der Waals surface area contributed by atoms with Gasteiger partial charge >= 0.3 is 0 Å². The van der Waals surface area contributed by atoms with E-state index in [0.29, 0.717) is 0 Å². The Bertz CT molecular complexity index is 431. The van der Waals surface area contributed by atoms with Gasteiger partial charge in [0.15, 0.2) is 0 Å². The Kier molecular flexibility index (Phi) is 3.79. The van der Waals surface area contributed by atoms with Crippen molar-refractivity contribution in [3.63, 3.8) is 0 Å². The van der Waals surface area contributed by atoms with Crippen molar-refractivity contribution >= 4 is 0 Å². The van der Waals surface area contributed by atoms with Crippen LogP contribution < -0.4 is 10.5 Å². The van der Waals surface area contributed by atoms with E-state index in [1.165, 1.54) is 37.7 Å². The summed E-state index contributed by atoms with van der Waals surface area (Å²) in [7, 11) is 1.74. The Hall–Kier alpha value is -1.02. The van der Waals surface area contributed by atoms with Gasteiger partial charge in [0.25, 0.3) is 0 Å². The van der Waals surface area contributed by atoms with Gasteiger partial charge in [0.1, 0.15) is 5.75 Å². The summed E-state index contributed by atoms with van der Waals surface area (Å²) in [5.41, 5.74) is 7.64. The molecule has 2 fully saturated rings. The van der Waals surface area contributed by atoms with Crippen LogP contribution in [0.25, 0.3) is 0 Å². The second-order valence-corrected chi connectivity index (χ2v) is 6.45. The first kappa shape index (κ1) is 13.0. The zero-order chi connectivity index (χ0) is 13.2. The molecule has 2 nitrogen and oxygen atoms in total. The third kappa shape index (κ3) is 2.79. The lowest BCUT2D eigenvalue weighted by molar-refractivity contribution is 0.293. The highest BCUT2D eigenvalue weighted by Gasteiger charge is 2.39. The van der Waals surface area contributed by atoms with Gasteiger partial charge in [0, 0.05) is 6.04 Å². The normalized spacial score (nSPS) is 30.5. The zero-order valence-electron chi connectivity index (χ0n) is 11.8. The molecule has 0 radical (unpaired) electrons. The van der Waals surface area contributed by atoms with Gasteiger partial charge < -0.3 is 10.5 Å². The zero-order valence-corrected chi connectivity index (χ0v) is 11.8. The van der Waals surface area contributed by atoms with Crippen molar-refractivity contribution in [3.05, 3.63) is 29.8 Å². The molecule has 0 saturated heterocycles. The number of hydrogen-bond acceptors (Lipinski definition) is 2. The van der Waals surface area contributed by atoms with Crippen molar-refractivity contribution in [2.24, 2.45) is 23.5 Å². The molecule has 1 aromatic carbocycles. The van der Waals surface area contributed by atoms with Gasteiger partial charge in [-0.1, -0.05) is 24.6 Å². The van der Waals surface area contributed by atoms with Crippen LogP contribution in [-0.2, 0) is 6.42 Å². The quantitative estimate of drug-likeness (QED) is 0.879. The van der Waals surface area contributed by atoms with E-state index in [1.54, 1.807) is 7.11 Å². The smallest absolute Gasteiger partial charge is 0.122 e. The van der Waals surface area contributed by atoms with Crippen LogP contribution in [0.3, 0.4) is 0 Å². The first-order valence-electron chi connectivity index (χ1n) is 7.63. The highest BCUT2D eigenvalue weighted by molar-refractivity contribution is 5.33. The molecule has 2 aliphatic rings. The van der Waals surface area contributed by atoms with Gasteiger partial charge in [-0.2, -0.15) is 0 Å². The minimum absolute atomic E-state index is 0.278. The first-order chi connectivity index (χ1) is 9.26. The van der Waals surface area contributed by atoms with Gasteiger partial charge in [0.05, 0.1) is 7.11 Å². The lowest BCUT2D eigenvalue weighted by Gasteiger charge is -2.25. The number of para-hydroxylation sites is 1. The predicted molar refractivity (Wildman–Crippen MR) is 78.2 cm³/mol. The molecule has 4 atom stereocenters. The van der Waals surface area contributed by atoms with Gasteiger partial charge in [0.2, 0.25) is 0 Å². The Morgan fingerprint density at radius 2 is 2.11 bits per heavy atom. The van der Waals surface area contributed by atoms with Crippen LogP contribution in [0.4, 0.5) is 0 Å². The topological polar surface area (TPSA) is 35.2 Å². The number of hydrogen-bond donors (Lipinski definition) is 1. The van der Waals surface area contributed by atoms with Crippen molar-refractivity contribution in [3.8, 4) is 5.75 Å². The van der Waals surface area contributed by atoms with E-state index >= 15 is 0 Å². The van der Waals surface area contributed by atoms with Crippen molar-refractivity contribution < 1.29 is 4.74 Å². The maximum absolute atomic E-state index is 6.39. The minimum atomic E-state index is 0.278. The fourth-order valence-electron chi connectivity index (χ4n) is 4.29. The molecule has 0 amide bonds. The maximum Gasteiger partial charge on any atom is 0.122 e. The highest BCUT2D eigenvalue weighted by atomic mass is 16.5. The Morgan fingerprint density at radius 3 is 2.79 bits per heavy atom. The van der Waals surface area contributed by atoms with Gasteiger partial charge in [-0.25, -0.2) is 0 Å². The molecule has 2 N–H and O–H groups in total. The SMILES string of the molecule is COc1ccccc1CC(N)CC1CC2CCC1C2. The molecule has 104 valence electrons. The molecule has 0 aromatic heterocycles. The van der Waals surface area contributed by atoms with E-state index in [1.807, 2.05) is 12.1 Å². The molecule has 2 aliphatic carbocycles. The second kappa shape index (κ2) is 5.54. The molecule has 1 aromatic rings. The summed E-state index contributed by atoms with van der Waals surface area (Å²) in [6.45, 7) is 0. The third-order valence-electron chi connectivity index (χ3n) is 5.16. The average Bonchev–Trinajstić information content (AvgIpc) is 3.01. The second-order valence-electron chi connectivity index (χ2n) is 6.45. The average molecular weight is 259 g/mol.